The SMILES string of the molecule is COc1ccc2c(c1)nc(S(=O)Cc1ncc(C)c(OC)c1C)n2CCCN. The molecule has 0 saturated heterocycles. The Hall–Kier alpha value is -2.45. The minimum absolute atomic E-state index is 0.269. The van der Waals surface area contributed by atoms with Crippen LogP contribution < -0.4 is 15.2 Å². The fourth-order valence-corrected chi connectivity index (χ4v) is 4.56. The third-order valence-electron chi connectivity index (χ3n) is 4.73. The van der Waals surface area contributed by atoms with Crippen molar-refractivity contribution in [3.63, 3.8) is 0 Å². The van der Waals surface area contributed by atoms with E-state index >= 15 is 0 Å². The third kappa shape index (κ3) is 3.88. The number of imidazole rings is 1. The lowest BCUT2D eigenvalue weighted by molar-refractivity contribution is 0.407. The van der Waals surface area contributed by atoms with Crippen LogP contribution in [0.4, 0.5) is 0 Å². The van der Waals surface area contributed by atoms with Crippen LogP contribution in [0.1, 0.15) is 23.2 Å². The lowest BCUT2D eigenvalue weighted by Crippen LogP contribution is -2.12. The first-order valence-electron chi connectivity index (χ1n) is 9.12. The molecule has 0 radical (unpaired) electrons. The Bertz CT molecular complexity index is 1020. The van der Waals surface area contributed by atoms with Gasteiger partial charge >= 0.3 is 0 Å². The highest BCUT2D eigenvalue weighted by atomic mass is 32.2. The second-order valence-electron chi connectivity index (χ2n) is 6.58. The molecule has 0 aliphatic heterocycles. The first-order chi connectivity index (χ1) is 13.5. The molecule has 0 aliphatic rings. The average Bonchev–Trinajstić information content (AvgIpc) is 3.06. The summed E-state index contributed by atoms with van der Waals surface area (Å²) in [7, 11) is 1.88. The molecule has 3 rings (SSSR count). The van der Waals surface area contributed by atoms with E-state index < -0.39 is 10.8 Å². The molecule has 150 valence electrons. The van der Waals surface area contributed by atoms with Gasteiger partial charge in [0, 0.05) is 29.9 Å². The molecule has 0 aliphatic carbocycles. The largest absolute Gasteiger partial charge is 0.497 e. The van der Waals surface area contributed by atoms with Gasteiger partial charge in [-0.2, -0.15) is 0 Å². The zero-order valence-corrected chi connectivity index (χ0v) is 17.5. The fraction of sp³-hybridized carbons (Fsp3) is 0.400. The normalized spacial score (nSPS) is 12.3. The summed E-state index contributed by atoms with van der Waals surface area (Å²) in [6.45, 7) is 5.09. The molecule has 1 aromatic carbocycles. The summed E-state index contributed by atoms with van der Waals surface area (Å²) in [6, 6.07) is 5.68. The molecule has 1 unspecified atom stereocenters. The van der Waals surface area contributed by atoms with Gasteiger partial charge in [0.15, 0.2) is 5.16 Å². The highest BCUT2D eigenvalue weighted by molar-refractivity contribution is 7.84. The molecular formula is C20H26N4O3S. The van der Waals surface area contributed by atoms with Gasteiger partial charge in [0.25, 0.3) is 0 Å². The van der Waals surface area contributed by atoms with Gasteiger partial charge in [0.05, 0.1) is 47.5 Å². The summed E-state index contributed by atoms with van der Waals surface area (Å²) < 4.78 is 26.0. The zero-order valence-electron chi connectivity index (χ0n) is 16.7. The smallest absolute Gasteiger partial charge is 0.200 e. The molecule has 0 fully saturated rings. The van der Waals surface area contributed by atoms with E-state index in [2.05, 4.69) is 9.97 Å². The maximum Gasteiger partial charge on any atom is 0.200 e. The van der Waals surface area contributed by atoms with Gasteiger partial charge in [0.2, 0.25) is 0 Å². The Morgan fingerprint density at radius 1 is 1.21 bits per heavy atom. The Kier molecular flexibility index (Phi) is 6.31. The van der Waals surface area contributed by atoms with Crippen molar-refractivity contribution in [2.75, 3.05) is 20.8 Å². The zero-order chi connectivity index (χ0) is 20.3. The van der Waals surface area contributed by atoms with E-state index in [4.69, 9.17) is 15.2 Å². The molecule has 2 aromatic heterocycles. The molecule has 0 spiro atoms. The van der Waals surface area contributed by atoms with Crippen LogP contribution in [0.15, 0.2) is 29.6 Å². The van der Waals surface area contributed by atoms with Crippen molar-refractivity contribution >= 4 is 21.8 Å². The number of nitrogens with two attached hydrogens (primary N) is 1. The summed E-state index contributed by atoms with van der Waals surface area (Å²) in [4.78, 5) is 9.12. The standard InChI is InChI=1S/C20H26N4O3S/c1-13-11-22-17(14(2)19(13)27-4)12-28(25)20-23-16-10-15(26-3)6-7-18(16)24(20)9-5-8-21/h6-7,10-11H,5,8-9,12,21H2,1-4H3. The number of aryl methyl sites for hydroxylation is 2. The van der Waals surface area contributed by atoms with E-state index in [0.717, 1.165) is 40.0 Å². The Labute approximate surface area is 167 Å². The lowest BCUT2D eigenvalue weighted by atomic mass is 10.1. The van der Waals surface area contributed by atoms with Crippen molar-refractivity contribution in [2.24, 2.45) is 5.73 Å². The van der Waals surface area contributed by atoms with Crippen molar-refractivity contribution in [1.82, 2.24) is 14.5 Å². The fourth-order valence-electron chi connectivity index (χ4n) is 3.26. The molecule has 0 saturated carbocycles. The Balaban J connectivity index is 2.01. The number of ether oxygens (including phenoxy) is 2. The van der Waals surface area contributed by atoms with Crippen LogP contribution >= 0.6 is 0 Å². The number of fused-ring (bicyclic) bond motifs is 1. The van der Waals surface area contributed by atoms with Gasteiger partial charge in [-0.05, 0) is 38.9 Å². The minimum atomic E-state index is -1.37. The van der Waals surface area contributed by atoms with Crippen molar-refractivity contribution in [3.8, 4) is 11.5 Å². The number of rotatable bonds is 8. The van der Waals surface area contributed by atoms with Crippen LogP contribution in [0.25, 0.3) is 11.0 Å². The van der Waals surface area contributed by atoms with E-state index in [1.807, 2.05) is 36.6 Å². The number of pyridine rings is 1. The van der Waals surface area contributed by atoms with Crippen LogP contribution in [0.5, 0.6) is 11.5 Å². The number of methoxy groups -OCH3 is 2. The lowest BCUT2D eigenvalue weighted by Gasteiger charge is -2.12. The molecule has 0 bridgehead atoms. The molecule has 3 aromatic rings. The van der Waals surface area contributed by atoms with Gasteiger partial charge in [0.1, 0.15) is 11.5 Å². The maximum absolute atomic E-state index is 13.2. The molecule has 2 N–H and O–H groups in total. The Morgan fingerprint density at radius 3 is 2.68 bits per heavy atom. The monoisotopic (exact) mass is 402 g/mol. The quantitative estimate of drug-likeness (QED) is 0.623. The number of hydrogen-bond donors (Lipinski definition) is 1. The summed E-state index contributed by atoms with van der Waals surface area (Å²) in [5.41, 5.74) is 9.98. The van der Waals surface area contributed by atoms with E-state index in [0.29, 0.717) is 24.0 Å². The van der Waals surface area contributed by atoms with Gasteiger partial charge in [-0.1, -0.05) is 0 Å². The van der Waals surface area contributed by atoms with Crippen molar-refractivity contribution in [3.05, 3.63) is 41.2 Å². The molecular weight excluding hydrogens is 376 g/mol. The van der Waals surface area contributed by atoms with E-state index in [1.165, 1.54) is 0 Å². The van der Waals surface area contributed by atoms with Gasteiger partial charge < -0.3 is 19.8 Å². The summed E-state index contributed by atoms with van der Waals surface area (Å²) in [5, 5.41) is 0.525. The van der Waals surface area contributed by atoms with Crippen LogP contribution in [0.3, 0.4) is 0 Å². The number of nitrogens with zero attached hydrogens (tertiary/aromatic N) is 3. The maximum atomic E-state index is 13.2. The van der Waals surface area contributed by atoms with Gasteiger partial charge in [-0.25, -0.2) is 4.98 Å². The third-order valence-corrected chi connectivity index (χ3v) is 5.98. The summed E-state index contributed by atoms with van der Waals surface area (Å²) in [5.74, 6) is 1.77. The van der Waals surface area contributed by atoms with E-state index in [-0.39, 0.29) is 5.75 Å². The molecule has 2 heterocycles. The minimum Gasteiger partial charge on any atom is -0.497 e. The first kappa shape index (κ1) is 20.3. The number of benzene rings is 1. The van der Waals surface area contributed by atoms with E-state index in [1.54, 1.807) is 20.4 Å². The second kappa shape index (κ2) is 8.70. The average molecular weight is 403 g/mol. The predicted molar refractivity (Wildman–Crippen MR) is 110 cm³/mol. The molecule has 0 amide bonds. The summed E-state index contributed by atoms with van der Waals surface area (Å²) >= 11 is 0. The molecule has 1 atom stereocenters. The Morgan fingerprint density at radius 2 is 2.00 bits per heavy atom. The van der Waals surface area contributed by atoms with Gasteiger partial charge in [-0.3, -0.25) is 9.19 Å². The topological polar surface area (TPSA) is 92.3 Å². The van der Waals surface area contributed by atoms with Crippen LogP contribution in [-0.4, -0.2) is 39.5 Å². The van der Waals surface area contributed by atoms with Crippen LogP contribution in [-0.2, 0) is 23.1 Å². The highest BCUT2D eigenvalue weighted by Gasteiger charge is 2.20. The van der Waals surface area contributed by atoms with Crippen molar-refractivity contribution in [2.45, 2.75) is 37.7 Å². The van der Waals surface area contributed by atoms with Crippen molar-refractivity contribution < 1.29 is 13.7 Å². The predicted octanol–water partition coefficient (Wildman–Crippen LogP) is 2.72. The van der Waals surface area contributed by atoms with Crippen molar-refractivity contribution in [1.29, 1.82) is 0 Å². The number of hydrogen-bond acceptors (Lipinski definition) is 6. The summed E-state index contributed by atoms with van der Waals surface area (Å²) in [6.07, 6.45) is 2.53. The number of aromatic nitrogens is 3. The second-order valence-corrected chi connectivity index (χ2v) is 7.92. The molecule has 8 heteroatoms. The highest BCUT2D eigenvalue weighted by Crippen LogP contribution is 2.27. The van der Waals surface area contributed by atoms with Gasteiger partial charge in [-0.15, -0.1) is 0 Å². The first-order valence-corrected chi connectivity index (χ1v) is 10.4. The van der Waals surface area contributed by atoms with Crippen LogP contribution in [0, 0.1) is 13.8 Å². The van der Waals surface area contributed by atoms with Crippen LogP contribution in [0.2, 0.25) is 0 Å². The molecule has 7 nitrogen and oxygen atoms in total. The molecule has 28 heavy (non-hydrogen) atoms. The van der Waals surface area contributed by atoms with E-state index in [9.17, 15) is 4.21 Å².